The van der Waals surface area contributed by atoms with Gasteiger partial charge in [0.05, 0.1) is 5.57 Å². The normalized spacial score (nSPS) is 14.6. The standard InChI is InChI=1S/C20H22N2O2S/c1-3-4-12-22-19(23)17(16-11-8-13-25-16)18(20(22)24)21(2)14-15-9-6-5-7-10-15/h5-11,13H,3-4,12,14H2,1-2H3. The van der Waals surface area contributed by atoms with Crippen LogP contribution in [0.4, 0.5) is 0 Å². The molecule has 0 atom stereocenters. The molecule has 2 amide bonds. The number of rotatable bonds is 7. The first-order valence-electron chi connectivity index (χ1n) is 8.53. The maximum absolute atomic E-state index is 13.0. The average molecular weight is 354 g/mol. The predicted octanol–water partition coefficient (Wildman–Crippen LogP) is 3.76. The smallest absolute Gasteiger partial charge is 0.277 e. The molecule has 0 saturated heterocycles. The number of unbranched alkanes of at least 4 members (excludes halogenated alkanes) is 1. The van der Waals surface area contributed by atoms with E-state index in [9.17, 15) is 9.59 Å². The van der Waals surface area contributed by atoms with Gasteiger partial charge in [-0.1, -0.05) is 49.7 Å². The number of benzene rings is 1. The lowest BCUT2D eigenvalue weighted by atomic mass is 10.1. The fourth-order valence-electron chi connectivity index (χ4n) is 3.02. The molecule has 5 heteroatoms. The minimum absolute atomic E-state index is 0.171. The molecule has 25 heavy (non-hydrogen) atoms. The van der Waals surface area contributed by atoms with Crippen molar-refractivity contribution in [2.75, 3.05) is 13.6 Å². The minimum atomic E-state index is -0.180. The molecule has 2 aromatic rings. The van der Waals surface area contributed by atoms with Crippen molar-refractivity contribution in [1.82, 2.24) is 9.80 Å². The highest BCUT2D eigenvalue weighted by molar-refractivity contribution is 7.11. The van der Waals surface area contributed by atoms with Crippen molar-refractivity contribution in [3.63, 3.8) is 0 Å². The van der Waals surface area contributed by atoms with Crippen LogP contribution < -0.4 is 0 Å². The summed E-state index contributed by atoms with van der Waals surface area (Å²) >= 11 is 1.50. The van der Waals surface area contributed by atoms with Crippen LogP contribution >= 0.6 is 11.3 Å². The number of amides is 2. The van der Waals surface area contributed by atoms with Gasteiger partial charge in [-0.15, -0.1) is 11.3 Å². The maximum Gasteiger partial charge on any atom is 0.277 e. The van der Waals surface area contributed by atoms with Gasteiger partial charge in [0.1, 0.15) is 5.70 Å². The second-order valence-electron chi connectivity index (χ2n) is 6.16. The molecule has 0 N–H and O–H groups in total. The first-order valence-corrected chi connectivity index (χ1v) is 9.40. The Hall–Kier alpha value is -2.40. The van der Waals surface area contributed by atoms with Crippen LogP contribution in [0.25, 0.3) is 5.57 Å². The highest BCUT2D eigenvalue weighted by atomic mass is 32.1. The average Bonchev–Trinajstić information content (AvgIpc) is 3.21. The lowest BCUT2D eigenvalue weighted by Gasteiger charge is -2.21. The Labute approximate surface area is 152 Å². The predicted molar refractivity (Wildman–Crippen MR) is 101 cm³/mol. The van der Waals surface area contributed by atoms with Crippen molar-refractivity contribution < 1.29 is 9.59 Å². The minimum Gasteiger partial charge on any atom is -0.365 e. The molecule has 0 unspecified atom stereocenters. The van der Waals surface area contributed by atoms with E-state index < -0.39 is 0 Å². The molecule has 1 aliphatic heterocycles. The molecule has 3 rings (SSSR count). The summed E-state index contributed by atoms with van der Waals surface area (Å²) in [5, 5.41) is 1.93. The van der Waals surface area contributed by atoms with Crippen molar-refractivity contribution in [2.45, 2.75) is 26.3 Å². The van der Waals surface area contributed by atoms with E-state index in [1.165, 1.54) is 16.2 Å². The Morgan fingerprint density at radius 1 is 1.04 bits per heavy atom. The summed E-state index contributed by atoms with van der Waals surface area (Å²) in [6.07, 6.45) is 1.77. The Morgan fingerprint density at radius 2 is 1.80 bits per heavy atom. The summed E-state index contributed by atoms with van der Waals surface area (Å²) in [6.45, 7) is 3.12. The van der Waals surface area contributed by atoms with Crippen LogP contribution in [0.3, 0.4) is 0 Å². The summed E-state index contributed by atoms with van der Waals surface area (Å²) < 4.78 is 0. The Kier molecular flexibility index (Phi) is 5.34. The van der Waals surface area contributed by atoms with E-state index >= 15 is 0 Å². The summed E-state index contributed by atoms with van der Waals surface area (Å²) in [5.74, 6) is -0.351. The van der Waals surface area contributed by atoms with Crippen LogP contribution in [0, 0.1) is 0 Å². The van der Waals surface area contributed by atoms with Crippen LogP contribution in [-0.2, 0) is 16.1 Å². The third kappa shape index (κ3) is 3.51. The second-order valence-corrected chi connectivity index (χ2v) is 7.11. The molecule has 1 aromatic carbocycles. The number of nitrogens with zero attached hydrogens (tertiary/aromatic N) is 2. The molecule has 2 heterocycles. The summed E-state index contributed by atoms with van der Waals surface area (Å²) in [5.41, 5.74) is 2.15. The van der Waals surface area contributed by atoms with Crippen LogP contribution in [0.2, 0.25) is 0 Å². The third-order valence-corrected chi connectivity index (χ3v) is 5.18. The lowest BCUT2D eigenvalue weighted by Crippen LogP contribution is -2.34. The largest absolute Gasteiger partial charge is 0.365 e. The summed E-state index contributed by atoms with van der Waals surface area (Å²) in [7, 11) is 1.88. The van der Waals surface area contributed by atoms with Crippen LogP contribution in [0.1, 0.15) is 30.2 Å². The van der Waals surface area contributed by atoms with E-state index in [1.807, 2.05) is 59.8 Å². The molecule has 0 spiro atoms. The highest BCUT2D eigenvalue weighted by Gasteiger charge is 2.40. The number of hydrogen-bond donors (Lipinski definition) is 0. The van der Waals surface area contributed by atoms with Crippen molar-refractivity contribution in [3.05, 3.63) is 64.0 Å². The molecule has 0 bridgehead atoms. The van der Waals surface area contributed by atoms with Crippen molar-refractivity contribution in [3.8, 4) is 0 Å². The number of carbonyl (C=O) groups excluding carboxylic acids is 2. The van der Waals surface area contributed by atoms with Gasteiger partial charge in [0, 0.05) is 25.0 Å². The first kappa shape index (κ1) is 17.4. The van der Waals surface area contributed by atoms with Gasteiger partial charge < -0.3 is 4.90 Å². The van der Waals surface area contributed by atoms with E-state index in [0.29, 0.717) is 24.4 Å². The number of imide groups is 1. The Morgan fingerprint density at radius 3 is 2.44 bits per heavy atom. The second kappa shape index (κ2) is 7.66. The van der Waals surface area contributed by atoms with Gasteiger partial charge in [0.2, 0.25) is 0 Å². The van der Waals surface area contributed by atoms with Gasteiger partial charge >= 0.3 is 0 Å². The van der Waals surface area contributed by atoms with Crippen LogP contribution in [0.5, 0.6) is 0 Å². The Balaban J connectivity index is 1.95. The van der Waals surface area contributed by atoms with E-state index in [1.54, 1.807) is 0 Å². The number of likely N-dealkylation sites (N-methyl/N-ethyl adjacent to an activating group) is 1. The molecule has 0 radical (unpaired) electrons. The topological polar surface area (TPSA) is 40.6 Å². The van der Waals surface area contributed by atoms with Gasteiger partial charge in [-0.05, 0) is 23.4 Å². The molecule has 130 valence electrons. The monoisotopic (exact) mass is 354 g/mol. The number of hydrogen-bond acceptors (Lipinski definition) is 4. The first-order chi connectivity index (χ1) is 12.1. The zero-order valence-electron chi connectivity index (χ0n) is 14.6. The molecule has 1 aliphatic rings. The SMILES string of the molecule is CCCCN1C(=O)C(c2cccs2)=C(N(C)Cc2ccccc2)C1=O. The molecular weight excluding hydrogens is 332 g/mol. The highest BCUT2D eigenvalue weighted by Crippen LogP contribution is 2.34. The fourth-order valence-corrected chi connectivity index (χ4v) is 3.78. The van der Waals surface area contributed by atoms with Crippen LogP contribution in [0.15, 0.2) is 53.5 Å². The molecule has 4 nitrogen and oxygen atoms in total. The van der Waals surface area contributed by atoms with Gasteiger partial charge in [0.25, 0.3) is 11.8 Å². The van der Waals surface area contributed by atoms with E-state index in [2.05, 4.69) is 6.92 Å². The third-order valence-electron chi connectivity index (χ3n) is 4.29. The van der Waals surface area contributed by atoms with Crippen molar-refractivity contribution >= 4 is 28.7 Å². The van der Waals surface area contributed by atoms with Crippen LogP contribution in [-0.4, -0.2) is 35.2 Å². The number of carbonyl (C=O) groups is 2. The molecule has 0 saturated carbocycles. The van der Waals surface area contributed by atoms with Gasteiger partial charge in [-0.3, -0.25) is 14.5 Å². The van der Waals surface area contributed by atoms with Gasteiger partial charge in [-0.25, -0.2) is 0 Å². The van der Waals surface area contributed by atoms with Crippen molar-refractivity contribution in [1.29, 1.82) is 0 Å². The van der Waals surface area contributed by atoms with Gasteiger partial charge in [-0.2, -0.15) is 0 Å². The Bertz CT molecular complexity index is 781. The number of thiophene rings is 1. The summed E-state index contributed by atoms with van der Waals surface area (Å²) in [4.78, 5) is 30.0. The molecule has 0 fully saturated rings. The molecular formula is C20H22N2O2S. The molecule has 1 aromatic heterocycles. The summed E-state index contributed by atoms with van der Waals surface area (Å²) in [6, 6.07) is 13.8. The van der Waals surface area contributed by atoms with Crippen molar-refractivity contribution in [2.24, 2.45) is 0 Å². The van der Waals surface area contributed by atoms with E-state index in [0.717, 1.165) is 23.3 Å². The van der Waals surface area contributed by atoms with E-state index in [-0.39, 0.29) is 11.8 Å². The zero-order valence-corrected chi connectivity index (χ0v) is 15.4. The zero-order chi connectivity index (χ0) is 17.8. The van der Waals surface area contributed by atoms with Gasteiger partial charge in [0.15, 0.2) is 0 Å². The lowest BCUT2D eigenvalue weighted by molar-refractivity contribution is -0.137. The fraction of sp³-hybridized carbons (Fsp3) is 0.300. The maximum atomic E-state index is 13.0. The molecule has 0 aliphatic carbocycles. The van der Waals surface area contributed by atoms with E-state index in [4.69, 9.17) is 0 Å². The quantitative estimate of drug-likeness (QED) is 0.711.